The van der Waals surface area contributed by atoms with E-state index in [4.69, 9.17) is 9.47 Å². The highest BCUT2D eigenvalue weighted by atomic mass is 16.5. The summed E-state index contributed by atoms with van der Waals surface area (Å²) in [7, 11) is 0. The minimum absolute atomic E-state index is 0.327. The highest BCUT2D eigenvalue weighted by molar-refractivity contribution is 5.91. The maximum atomic E-state index is 11.5. The van der Waals surface area contributed by atoms with Gasteiger partial charge in [0.05, 0.1) is 13.2 Å². The molecule has 0 aromatic heterocycles. The van der Waals surface area contributed by atoms with Crippen LogP contribution < -0.4 is 0 Å². The lowest BCUT2D eigenvalue weighted by Gasteiger charge is -2.03. The zero-order valence-electron chi connectivity index (χ0n) is 17.5. The second-order valence-corrected chi connectivity index (χ2v) is 6.87. The molecule has 27 heavy (non-hydrogen) atoms. The van der Waals surface area contributed by atoms with Crippen LogP contribution in [0.1, 0.15) is 97.3 Å². The molecule has 0 aliphatic rings. The summed E-state index contributed by atoms with van der Waals surface area (Å²) in [5, 5.41) is 0. The van der Waals surface area contributed by atoms with E-state index in [0.717, 1.165) is 31.4 Å². The van der Waals surface area contributed by atoms with Crippen molar-refractivity contribution in [1.29, 1.82) is 0 Å². The lowest BCUT2D eigenvalue weighted by molar-refractivity contribution is -0.140. The van der Waals surface area contributed by atoms with E-state index in [1.165, 1.54) is 57.8 Å². The third kappa shape index (κ3) is 20.6. The van der Waals surface area contributed by atoms with Gasteiger partial charge in [0.25, 0.3) is 0 Å². The molecule has 0 aromatic rings. The average molecular weight is 381 g/mol. The van der Waals surface area contributed by atoms with Gasteiger partial charge in [-0.3, -0.25) is 0 Å². The predicted octanol–water partition coefficient (Wildman–Crippen LogP) is 6.30. The Bertz CT molecular complexity index is 413. The van der Waals surface area contributed by atoms with Crippen molar-refractivity contribution in [3.05, 3.63) is 24.3 Å². The van der Waals surface area contributed by atoms with Gasteiger partial charge in [-0.1, -0.05) is 90.2 Å². The Balaban J connectivity index is 3.42. The highest BCUT2D eigenvalue weighted by Gasteiger charge is 2.01. The first-order chi connectivity index (χ1) is 13.2. The summed E-state index contributed by atoms with van der Waals surface area (Å²) in [5.74, 6) is -0.989. The molecule has 4 heteroatoms. The fraction of sp³-hybridized carbons (Fsp3) is 0.739. The van der Waals surface area contributed by atoms with Gasteiger partial charge < -0.3 is 9.47 Å². The van der Waals surface area contributed by atoms with Gasteiger partial charge in [-0.25, -0.2) is 9.59 Å². The summed E-state index contributed by atoms with van der Waals surface area (Å²) in [4.78, 5) is 22.9. The van der Waals surface area contributed by atoms with Gasteiger partial charge >= 0.3 is 11.9 Å². The largest absolute Gasteiger partial charge is 0.463 e. The number of allylic oxidation sites excluding steroid dienone is 1. The van der Waals surface area contributed by atoms with Crippen LogP contribution in [0.5, 0.6) is 0 Å². The molecule has 0 aliphatic carbocycles. The van der Waals surface area contributed by atoms with Crippen LogP contribution in [0.3, 0.4) is 0 Å². The Morgan fingerprint density at radius 2 is 1.11 bits per heavy atom. The number of hydrogen-bond acceptors (Lipinski definition) is 4. The van der Waals surface area contributed by atoms with Gasteiger partial charge in [-0.05, 0) is 19.3 Å². The quantitative estimate of drug-likeness (QED) is 0.121. The van der Waals surface area contributed by atoms with Crippen LogP contribution in [0.25, 0.3) is 0 Å². The fourth-order valence-corrected chi connectivity index (χ4v) is 2.68. The first-order valence-corrected chi connectivity index (χ1v) is 10.9. The summed E-state index contributed by atoms with van der Waals surface area (Å²) in [6.45, 7) is 5.04. The lowest BCUT2D eigenvalue weighted by atomic mass is 10.1. The summed E-state index contributed by atoms with van der Waals surface area (Å²) < 4.78 is 10.1. The average Bonchev–Trinajstić information content (AvgIpc) is 2.67. The van der Waals surface area contributed by atoms with Crippen molar-refractivity contribution in [3.63, 3.8) is 0 Å². The molecule has 0 aromatic carbocycles. The Labute approximate surface area is 166 Å². The van der Waals surface area contributed by atoms with Gasteiger partial charge in [0.15, 0.2) is 0 Å². The van der Waals surface area contributed by atoms with Crippen molar-refractivity contribution >= 4 is 11.9 Å². The van der Waals surface area contributed by atoms with Crippen LogP contribution in [0, 0.1) is 0 Å². The van der Waals surface area contributed by atoms with Gasteiger partial charge in [0, 0.05) is 12.2 Å². The molecule has 0 radical (unpaired) electrons. The number of carbonyl (C=O) groups excluding carboxylic acids is 2. The van der Waals surface area contributed by atoms with Crippen molar-refractivity contribution in [2.45, 2.75) is 97.3 Å². The van der Waals surface area contributed by atoms with Gasteiger partial charge in [0.2, 0.25) is 0 Å². The van der Waals surface area contributed by atoms with E-state index in [2.05, 4.69) is 6.92 Å². The number of unbranched alkanes of at least 4 members (excludes halogenated alkanes) is 10. The molecule has 0 fully saturated rings. The minimum atomic E-state index is -0.508. The number of hydrogen-bond donors (Lipinski definition) is 0. The molecule has 0 spiro atoms. The van der Waals surface area contributed by atoms with Crippen molar-refractivity contribution in [3.8, 4) is 0 Å². The molecule has 0 rings (SSSR count). The Kier molecular flexibility index (Phi) is 19.5. The summed E-state index contributed by atoms with van der Waals surface area (Å²) >= 11 is 0. The molecule has 0 saturated heterocycles. The zero-order chi connectivity index (χ0) is 20.0. The van der Waals surface area contributed by atoms with E-state index in [9.17, 15) is 9.59 Å². The lowest BCUT2D eigenvalue weighted by Crippen LogP contribution is -2.06. The van der Waals surface area contributed by atoms with E-state index in [0.29, 0.717) is 19.6 Å². The van der Waals surface area contributed by atoms with E-state index < -0.39 is 11.9 Å². The Morgan fingerprint density at radius 3 is 1.63 bits per heavy atom. The van der Waals surface area contributed by atoms with E-state index >= 15 is 0 Å². The number of rotatable bonds is 18. The molecule has 156 valence electrons. The molecule has 0 aliphatic heterocycles. The Hall–Kier alpha value is -1.58. The van der Waals surface area contributed by atoms with Crippen molar-refractivity contribution < 1.29 is 19.1 Å². The minimum Gasteiger partial charge on any atom is -0.463 e. The number of ether oxygens (including phenoxy) is 2. The molecule has 0 amide bonds. The molecule has 0 heterocycles. The zero-order valence-corrected chi connectivity index (χ0v) is 17.5. The topological polar surface area (TPSA) is 52.6 Å². The van der Waals surface area contributed by atoms with E-state index in [-0.39, 0.29) is 0 Å². The number of esters is 2. The molecule has 0 atom stereocenters. The monoisotopic (exact) mass is 380 g/mol. The summed E-state index contributed by atoms with van der Waals surface area (Å²) in [5.41, 5.74) is 0. The van der Waals surface area contributed by atoms with Gasteiger partial charge in [0.1, 0.15) is 0 Å². The maximum absolute atomic E-state index is 11.5. The van der Waals surface area contributed by atoms with Crippen molar-refractivity contribution in [1.82, 2.24) is 0 Å². The highest BCUT2D eigenvalue weighted by Crippen LogP contribution is 2.11. The van der Waals surface area contributed by atoms with E-state index in [1.54, 1.807) is 0 Å². The fourth-order valence-electron chi connectivity index (χ4n) is 2.68. The van der Waals surface area contributed by atoms with Crippen LogP contribution in [0.4, 0.5) is 0 Å². The van der Waals surface area contributed by atoms with Crippen LogP contribution >= 0.6 is 0 Å². The second-order valence-electron chi connectivity index (χ2n) is 6.87. The predicted molar refractivity (Wildman–Crippen MR) is 112 cm³/mol. The molecular formula is C23H40O4. The van der Waals surface area contributed by atoms with Crippen molar-refractivity contribution in [2.75, 3.05) is 13.2 Å². The number of carbonyl (C=O) groups is 2. The third-order valence-electron chi connectivity index (χ3n) is 4.28. The normalized spacial score (nSPS) is 11.3. The summed E-state index contributed by atoms with van der Waals surface area (Å²) in [6, 6.07) is 0. The SMILES string of the molecule is CC/C=C/CCOC(=O)/C=C/C(=O)OCCCCCCCCCCCCC. The van der Waals surface area contributed by atoms with Crippen molar-refractivity contribution in [2.24, 2.45) is 0 Å². The van der Waals surface area contributed by atoms with Crippen LogP contribution in [-0.4, -0.2) is 25.2 Å². The first kappa shape index (κ1) is 25.4. The molecule has 0 N–H and O–H groups in total. The molecule has 4 nitrogen and oxygen atoms in total. The molecule has 0 saturated carbocycles. The van der Waals surface area contributed by atoms with Crippen LogP contribution in [-0.2, 0) is 19.1 Å². The van der Waals surface area contributed by atoms with Gasteiger partial charge in [-0.15, -0.1) is 0 Å². The van der Waals surface area contributed by atoms with Crippen LogP contribution in [0.15, 0.2) is 24.3 Å². The standard InChI is InChI=1S/C23H40O4/c1-3-5-7-9-10-11-12-13-14-15-17-21-27-23(25)19-18-22(24)26-20-16-8-6-4-2/h6,8,18-19H,3-5,7,9-17,20-21H2,1-2H3/b8-6+,19-18+. The summed E-state index contributed by atoms with van der Waals surface area (Å²) in [6.07, 6.45) is 21.8. The Morgan fingerprint density at radius 1 is 0.630 bits per heavy atom. The van der Waals surface area contributed by atoms with Crippen LogP contribution in [0.2, 0.25) is 0 Å². The van der Waals surface area contributed by atoms with Gasteiger partial charge in [-0.2, -0.15) is 0 Å². The third-order valence-corrected chi connectivity index (χ3v) is 4.28. The van der Waals surface area contributed by atoms with E-state index in [1.807, 2.05) is 19.1 Å². The second kappa shape index (κ2) is 20.7. The molecule has 0 bridgehead atoms. The molecule has 0 unspecified atom stereocenters. The molecular weight excluding hydrogens is 340 g/mol. The first-order valence-electron chi connectivity index (χ1n) is 10.9. The smallest absolute Gasteiger partial charge is 0.331 e. The maximum Gasteiger partial charge on any atom is 0.331 e.